The second kappa shape index (κ2) is 7.37. The van der Waals surface area contributed by atoms with Gasteiger partial charge >= 0.3 is 5.97 Å². The zero-order valence-electron chi connectivity index (χ0n) is 11.1. The first-order valence-corrected chi connectivity index (χ1v) is 6.01. The third-order valence-corrected chi connectivity index (χ3v) is 2.44. The number of benzene rings is 1. The van der Waals surface area contributed by atoms with Crippen LogP contribution < -0.4 is 0 Å². The van der Waals surface area contributed by atoms with E-state index in [0.29, 0.717) is 0 Å². The van der Waals surface area contributed by atoms with Gasteiger partial charge in [-0.2, -0.15) is 0 Å². The Morgan fingerprint density at radius 2 is 2.10 bits per heavy atom. The van der Waals surface area contributed by atoms with Gasteiger partial charge in [0.15, 0.2) is 11.6 Å². The fourth-order valence-corrected chi connectivity index (χ4v) is 1.58. The zero-order chi connectivity index (χ0) is 15.1. The smallest absolute Gasteiger partial charge is 0.325 e. The summed E-state index contributed by atoms with van der Waals surface area (Å²) in [6.07, 6.45) is 1.38. The number of carbonyl (C=O) groups is 2. The molecule has 0 radical (unpaired) electrons. The Kier molecular flexibility index (Phi) is 5.83. The molecule has 0 atom stereocenters. The second-order valence-electron chi connectivity index (χ2n) is 3.88. The molecule has 0 bridgehead atoms. The van der Waals surface area contributed by atoms with Crippen molar-refractivity contribution >= 4 is 11.9 Å². The van der Waals surface area contributed by atoms with E-state index < -0.39 is 29.1 Å². The number of hydrogen-bond acceptors (Lipinski definition) is 3. The van der Waals surface area contributed by atoms with Gasteiger partial charge in [-0.1, -0.05) is 12.1 Å². The first kappa shape index (κ1) is 15.8. The molecule has 108 valence electrons. The van der Waals surface area contributed by atoms with Crippen LogP contribution in [0.2, 0.25) is 0 Å². The molecule has 1 rings (SSSR count). The first-order valence-electron chi connectivity index (χ1n) is 6.01. The molecule has 0 aliphatic rings. The molecular formula is C14H15F2NO3. The van der Waals surface area contributed by atoms with E-state index in [1.54, 1.807) is 6.92 Å². The van der Waals surface area contributed by atoms with E-state index in [1.165, 1.54) is 12.1 Å². The van der Waals surface area contributed by atoms with Crippen molar-refractivity contribution in [2.75, 3.05) is 19.7 Å². The Hall–Kier alpha value is -2.24. The molecule has 4 nitrogen and oxygen atoms in total. The van der Waals surface area contributed by atoms with Crippen molar-refractivity contribution in [1.29, 1.82) is 0 Å². The normalized spacial score (nSPS) is 9.95. The molecular weight excluding hydrogens is 268 g/mol. The van der Waals surface area contributed by atoms with Crippen LogP contribution in [-0.4, -0.2) is 36.5 Å². The lowest BCUT2D eigenvalue weighted by Gasteiger charge is -2.20. The largest absolute Gasteiger partial charge is 0.465 e. The van der Waals surface area contributed by atoms with Gasteiger partial charge in [0.25, 0.3) is 5.91 Å². The summed E-state index contributed by atoms with van der Waals surface area (Å²) in [5.41, 5.74) is -0.434. The maximum Gasteiger partial charge on any atom is 0.325 e. The van der Waals surface area contributed by atoms with E-state index in [2.05, 4.69) is 6.58 Å². The molecule has 1 aromatic carbocycles. The summed E-state index contributed by atoms with van der Waals surface area (Å²) in [6.45, 7) is 4.92. The first-order chi connectivity index (χ1) is 9.51. The average Bonchev–Trinajstić information content (AvgIpc) is 2.41. The SMILES string of the molecule is C=CCN(CC(=O)OCC)C(=O)c1cccc(F)c1F. The van der Waals surface area contributed by atoms with Crippen molar-refractivity contribution in [3.05, 3.63) is 48.1 Å². The van der Waals surface area contributed by atoms with Gasteiger partial charge in [0.1, 0.15) is 6.54 Å². The minimum atomic E-state index is -1.24. The highest BCUT2D eigenvalue weighted by atomic mass is 19.2. The van der Waals surface area contributed by atoms with Gasteiger partial charge in [0, 0.05) is 6.54 Å². The Balaban J connectivity index is 2.96. The fraction of sp³-hybridized carbons (Fsp3) is 0.286. The molecule has 0 saturated heterocycles. The maximum atomic E-state index is 13.6. The van der Waals surface area contributed by atoms with Crippen molar-refractivity contribution in [1.82, 2.24) is 4.90 Å². The molecule has 0 N–H and O–H groups in total. The molecule has 0 heterocycles. The number of rotatable bonds is 6. The standard InChI is InChI=1S/C14H15F2NO3/c1-3-8-17(9-12(18)20-4-2)14(19)10-6-5-7-11(15)13(10)16/h3,5-7H,1,4,8-9H2,2H3. The molecule has 20 heavy (non-hydrogen) atoms. The number of hydrogen-bond donors (Lipinski definition) is 0. The summed E-state index contributed by atoms with van der Waals surface area (Å²) >= 11 is 0. The van der Waals surface area contributed by atoms with Gasteiger partial charge in [-0.15, -0.1) is 6.58 Å². The van der Waals surface area contributed by atoms with E-state index in [9.17, 15) is 18.4 Å². The summed E-state index contributed by atoms with van der Waals surface area (Å²) in [7, 11) is 0. The van der Waals surface area contributed by atoms with Crippen LogP contribution in [0.15, 0.2) is 30.9 Å². The van der Waals surface area contributed by atoms with Crippen molar-refractivity contribution in [2.24, 2.45) is 0 Å². The minimum Gasteiger partial charge on any atom is -0.465 e. The summed E-state index contributed by atoms with van der Waals surface area (Å²) in [5.74, 6) is -3.78. The van der Waals surface area contributed by atoms with E-state index in [1.807, 2.05) is 0 Å². The average molecular weight is 283 g/mol. The molecule has 6 heteroatoms. The van der Waals surface area contributed by atoms with Crippen molar-refractivity contribution < 1.29 is 23.1 Å². The van der Waals surface area contributed by atoms with Gasteiger partial charge in [-0.3, -0.25) is 9.59 Å². The van der Waals surface area contributed by atoms with Crippen LogP contribution in [0.25, 0.3) is 0 Å². The van der Waals surface area contributed by atoms with Gasteiger partial charge in [0.05, 0.1) is 12.2 Å². The van der Waals surface area contributed by atoms with Crippen LogP contribution in [0.4, 0.5) is 8.78 Å². The molecule has 0 saturated carbocycles. The number of ether oxygens (including phenoxy) is 1. The third kappa shape index (κ3) is 3.88. The molecule has 0 aromatic heterocycles. The van der Waals surface area contributed by atoms with Crippen molar-refractivity contribution in [3.8, 4) is 0 Å². The zero-order valence-corrected chi connectivity index (χ0v) is 11.1. The predicted octanol–water partition coefficient (Wildman–Crippen LogP) is 2.16. The molecule has 0 unspecified atom stereocenters. The topological polar surface area (TPSA) is 46.6 Å². The molecule has 0 aliphatic heterocycles. The Labute approximate surface area is 115 Å². The second-order valence-corrected chi connectivity index (χ2v) is 3.88. The maximum absolute atomic E-state index is 13.6. The quantitative estimate of drug-likeness (QED) is 0.593. The monoisotopic (exact) mass is 283 g/mol. The molecule has 0 aliphatic carbocycles. The molecule has 1 amide bonds. The molecule has 1 aromatic rings. The Morgan fingerprint density at radius 1 is 1.40 bits per heavy atom. The van der Waals surface area contributed by atoms with Gasteiger partial charge in [-0.25, -0.2) is 8.78 Å². The number of carbonyl (C=O) groups excluding carboxylic acids is 2. The lowest BCUT2D eigenvalue weighted by Crippen LogP contribution is -2.37. The number of halogens is 2. The highest BCUT2D eigenvalue weighted by molar-refractivity contribution is 5.96. The van der Waals surface area contributed by atoms with E-state index >= 15 is 0 Å². The van der Waals surface area contributed by atoms with Crippen LogP contribution >= 0.6 is 0 Å². The van der Waals surface area contributed by atoms with Crippen LogP contribution in [0, 0.1) is 11.6 Å². The fourth-order valence-electron chi connectivity index (χ4n) is 1.58. The highest BCUT2D eigenvalue weighted by Crippen LogP contribution is 2.14. The van der Waals surface area contributed by atoms with Gasteiger partial charge < -0.3 is 9.64 Å². The summed E-state index contributed by atoms with van der Waals surface area (Å²) < 4.78 is 31.4. The summed E-state index contributed by atoms with van der Waals surface area (Å²) in [5, 5.41) is 0. The van der Waals surface area contributed by atoms with Crippen molar-refractivity contribution in [3.63, 3.8) is 0 Å². The van der Waals surface area contributed by atoms with Crippen LogP contribution in [0.1, 0.15) is 17.3 Å². The number of esters is 1. The Morgan fingerprint density at radius 3 is 2.70 bits per heavy atom. The minimum absolute atomic E-state index is 0.0214. The Bertz CT molecular complexity index is 517. The summed E-state index contributed by atoms with van der Waals surface area (Å²) in [4.78, 5) is 24.5. The third-order valence-electron chi connectivity index (χ3n) is 2.44. The highest BCUT2D eigenvalue weighted by Gasteiger charge is 2.22. The van der Waals surface area contributed by atoms with Gasteiger partial charge in [-0.05, 0) is 19.1 Å². The lowest BCUT2D eigenvalue weighted by atomic mass is 10.1. The molecule has 0 spiro atoms. The van der Waals surface area contributed by atoms with E-state index in [4.69, 9.17) is 4.74 Å². The van der Waals surface area contributed by atoms with E-state index in [0.717, 1.165) is 17.0 Å². The van der Waals surface area contributed by atoms with E-state index in [-0.39, 0.29) is 19.7 Å². The number of nitrogens with zero attached hydrogens (tertiary/aromatic N) is 1. The van der Waals surface area contributed by atoms with Crippen LogP contribution in [0.3, 0.4) is 0 Å². The predicted molar refractivity (Wildman–Crippen MR) is 69.1 cm³/mol. The van der Waals surface area contributed by atoms with Crippen molar-refractivity contribution in [2.45, 2.75) is 6.92 Å². The molecule has 0 fully saturated rings. The van der Waals surface area contributed by atoms with Crippen LogP contribution in [-0.2, 0) is 9.53 Å². The van der Waals surface area contributed by atoms with Gasteiger partial charge in [0.2, 0.25) is 0 Å². The number of amides is 1. The summed E-state index contributed by atoms with van der Waals surface area (Å²) in [6, 6.07) is 3.29. The lowest BCUT2D eigenvalue weighted by molar-refractivity contribution is -0.143. The van der Waals surface area contributed by atoms with Crippen LogP contribution in [0.5, 0.6) is 0 Å².